The monoisotopic (exact) mass is 172 g/mol. The number of aliphatic carboxylic acids is 1. The third-order valence-corrected chi connectivity index (χ3v) is 0.319. The van der Waals surface area contributed by atoms with Gasteiger partial charge in [-0.25, -0.2) is 0 Å². The van der Waals surface area contributed by atoms with Crippen molar-refractivity contribution < 1.29 is 9.90 Å². The predicted molar refractivity (Wildman–Crippen MR) is 53.8 cm³/mol. The Morgan fingerprint density at radius 3 is 1.73 bits per heavy atom. The molecule has 0 aliphatic carbocycles. The Kier molecular flexibility index (Phi) is 34.6. The lowest BCUT2D eigenvalue weighted by Gasteiger charge is -1.75. The van der Waals surface area contributed by atoms with Crippen LogP contribution >= 0.6 is 0 Å². The van der Waals surface area contributed by atoms with Crippen molar-refractivity contribution in [2.45, 2.75) is 6.42 Å². The van der Waals surface area contributed by atoms with Gasteiger partial charge in [0.15, 0.2) is 0 Å². The van der Waals surface area contributed by atoms with Crippen LogP contribution in [-0.4, -0.2) is 21.3 Å². The summed E-state index contributed by atoms with van der Waals surface area (Å²) in [4.78, 5) is 9.53. The van der Waals surface area contributed by atoms with Crippen LogP contribution in [-0.2, 0) is 4.79 Å². The van der Waals surface area contributed by atoms with Gasteiger partial charge in [0.2, 0.25) is 0 Å². The van der Waals surface area contributed by atoms with Crippen molar-refractivity contribution in [2.75, 3.05) is 0 Å². The summed E-state index contributed by atoms with van der Waals surface area (Å²) in [6.07, 6.45) is 1.41. The SMILES string of the molecule is C=C.C=CCC(=O)O.C=C[SiH3]. The van der Waals surface area contributed by atoms with Crippen LogP contribution in [0.2, 0.25) is 0 Å². The second kappa shape index (κ2) is 23.1. The van der Waals surface area contributed by atoms with Crippen molar-refractivity contribution in [1.29, 1.82) is 0 Å². The average Bonchev–Trinajstić information content (AvgIpc) is 1.93. The number of rotatable bonds is 2. The highest BCUT2D eigenvalue weighted by Crippen LogP contribution is 1.74. The first-order chi connectivity index (χ1) is 5.18. The quantitative estimate of drug-likeness (QED) is 0.497. The smallest absolute Gasteiger partial charge is 0.307 e. The van der Waals surface area contributed by atoms with Crippen LogP contribution in [0, 0.1) is 0 Å². The maximum absolute atomic E-state index is 9.53. The van der Waals surface area contributed by atoms with Gasteiger partial charge in [0.25, 0.3) is 0 Å². The van der Waals surface area contributed by atoms with Crippen LogP contribution < -0.4 is 0 Å². The molecule has 0 aromatic rings. The van der Waals surface area contributed by atoms with E-state index in [1.54, 1.807) is 0 Å². The Morgan fingerprint density at radius 2 is 1.73 bits per heavy atom. The zero-order valence-electron chi connectivity index (χ0n) is 7.05. The highest BCUT2D eigenvalue weighted by atomic mass is 28.1. The predicted octanol–water partition coefficient (Wildman–Crippen LogP) is 0.945. The van der Waals surface area contributed by atoms with Gasteiger partial charge >= 0.3 is 5.97 Å². The van der Waals surface area contributed by atoms with E-state index in [1.165, 1.54) is 6.08 Å². The van der Waals surface area contributed by atoms with Gasteiger partial charge in [-0.1, -0.05) is 6.08 Å². The Morgan fingerprint density at radius 1 is 1.45 bits per heavy atom. The molecule has 64 valence electrons. The van der Waals surface area contributed by atoms with E-state index in [1.807, 2.05) is 5.70 Å². The molecular weight excluding hydrogens is 156 g/mol. The summed E-state index contributed by atoms with van der Waals surface area (Å²) in [6.45, 7) is 12.6. The van der Waals surface area contributed by atoms with Crippen molar-refractivity contribution >= 4 is 16.2 Å². The van der Waals surface area contributed by atoms with Crippen LogP contribution in [0.5, 0.6) is 0 Å². The molecule has 0 atom stereocenters. The summed E-state index contributed by atoms with van der Waals surface area (Å²) in [5, 5.41) is 7.84. The molecule has 0 spiro atoms. The lowest BCUT2D eigenvalue weighted by Crippen LogP contribution is -1.88. The Bertz CT molecular complexity index is 111. The molecule has 0 aromatic carbocycles. The Labute approximate surface area is 71.4 Å². The van der Waals surface area contributed by atoms with Crippen molar-refractivity contribution in [2.24, 2.45) is 0 Å². The molecule has 11 heavy (non-hydrogen) atoms. The van der Waals surface area contributed by atoms with Crippen LogP contribution in [0.4, 0.5) is 0 Å². The number of carbonyl (C=O) groups is 1. The molecule has 1 N–H and O–H groups in total. The molecule has 0 amide bonds. The highest BCUT2D eigenvalue weighted by molar-refractivity contribution is 6.16. The third-order valence-electron chi connectivity index (χ3n) is 0.319. The van der Waals surface area contributed by atoms with E-state index in [9.17, 15) is 4.79 Å². The van der Waals surface area contributed by atoms with Crippen molar-refractivity contribution in [3.63, 3.8) is 0 Å². The fourth-order valence-corrected chi connectivity index (χ4v) is 0.123. The maximum atomic E-state index is 9.53. The second-order valence-electron chi connectivity index (χ2n) is 1.29. The minimum absolute atomic E-state index is 0.0556. The number of hydrogen-bond acceptors (Lipinski definition) is 1. The number of carboxylic acids is 1. The fourth-order valence-electron chi connectivity index (χ4n) is 0.123. The highest BCUT2D eigenvalue weighted by Gasteiger charge is 1.84. The average molecular weight is 172 g/mol. The number of hydrogen-bond donors (Lipinski definition) is 1. The minimum atomic E-state index is -0.829. The number of carboxylic acid groups (broad SMARTS) is 1. The van der Waals surface area contributed by atoms with Crippen molar-refractivity contribution in [3.05, 3.63) is 38.1 Å². The van der Waals surface area contributed by atoms with Crippen LogP contribution in [0.3, 0.4) is 0 Å². The van der Waals surface area contributed by atoms with Gasteiger partial charge in [0.05, 0.1) is 6.42 Å². The van der Waals surface area contributed by atoms with Gasteiger partial charge in [0.1, 0.15) is 0 Å². The molecule has 2 nitrogen and oxygen atoms in total. The van der Waals surface area contributed by atoms with Gasteiger partial charge < -0.3 is 5.11 Å². The minimum Gasteiger partial charge on any atom is -0.481 e. The normalized spacial score (nSPS) is 5.82. The Balaban J connectivity index is -0.000000109. The third kappa shape index (κ3) is 117. The fraction of sp³-hybridized carbons (Fsp3) is 0.125. The van der Waals surface area contributed by atoms with Gasteiger partial charge in [0, 0.05) is 10.2 Å². The van der Waals surface area contributed by atoms with Crippen molar-refractivity contribution in [3.8, 4) is 0 Å². The van der Waals surface area contributed by atoms with Crippen LogP contribution in [0.1, 0.15) is 6.42 Å². The van der Waals surface area contributed by atoms with Crippen LogP contribution in [0.25, 0.3) is 0 Å². The van der Waals surface area contributed by atoms with Gasteiger partial charge in [-0.3, -0.25) is 4.79 Å². The summed E-state index contributed by atoms with van der Waals surface area (Å²) in [6, 6.07) is 0. The van der Waals surface area contributed by atoms with Gasteiger partial charge in [-0.2, -0.15) is 0 Å². The molecular formula is C8H16O2Si. The first-order valence-electron chi connectivity index (χ1n) is 3.08. The summed E-state index contributed by atoms with van der Waals surface area (Å²) < 4.78 is 0. The summed E-state index contributed by atoms with van der Waals surface area (Å²) in [5.74, 6) is -0.829. The molecule has 0 saturated carbocycles. The first kappa shape index (κ1) is 16.5. The van der Waals surface area contributed by atoms with E-state index in [0.717, 1.165) is 10.2 Å². The molecule has 0 rings (SSSR count). The molecule has 3 heteroatoms. The van der Waals surface area contributed by atoms with E-state index in [2.05, 4.69) is 26.3 Å². The van der Waals surface area contributed by atoms with E-state index in [-0.39, 0.29) is 6.42 Å². The lowest BCUT2D eigenvalue weighted by atomic mass is 10.4. The van der Waals surface area contributed by atoms with Crippen LogP contribution in [0.15, 0.2) is 38.1 Å². The summed E-state index contributed by atoms with van der Waals surface area (Å²) in [5.41, 5.74) is 1.89. The van der Waals surface area contributed by atoms with E-state index >= 15 is 0 Å². The molecule has 0 saturated heterocycles. The molecule has 0 unspecified atom stereocenters. The molecule has 0 aliphatic rings. The largest absolute Gasteiger partial charge is 0.481 e. The van der Waals surface area contributed by atoms with E-state index in [0.29, 0.717) is 0 Å². The zero-order chi connectivity index (χ0) is 9.70. The molecule has 0 radical (unpaired) electrons. The van der Waals surface area contributed by atoms with E-state index in [4.69, 9.17) is 5.11 Å². The maximum Gasteiger partial charge on any atom is 0.307 e. The van der Waals surface area contributed by atoms with Crippen molar-refractivity contribution in [1.82, 2.24) is 0 Å². The molecule has 0 heterocycles. The molecule has 0 bridgehead atoms. The zero-order valence-corrected chi connectivity index (χ0v) is 9.05. The molecule has 0 aliphatic heterocycles. The lowest BCUT2D eigenvalue weighted by molar-refractivity contribution is -0.135. The Hall–Kier alpha value is -1.09. The van der Waals surface area contributed by atoms with Gasteiger partial charge in [-0.05, 0) is 0 Å². The first-order valence-corrected chi connectivity index (χ1v) is 4.24. The van der Waals surface area contributed by atoms with E-state index < -0.39 is 5.97 Å². The molecule has 0 fully saturated rings. The molecule has 0 aromatic heterocycles. The second-order valence-corrected chi connectivity index (χ2v) is 2.11. The topological polar surface area (TPSA) is 37.3 Å². The standard InChI is InChI=1S/C4H6O2.C2H6Si.C2H4/c1-2-3-4(5)6;1-2-3;1-2/h2H,1,3H2,(H,5,6);2H,1H2,3H3;1-2H2. The summed E-state index contributed by atoms with van der Waals surface area (Å²) in [7, 11) is 1.13. The summed E-state index contributed by atoms with van der Waals surface area (Å²) >= 11 is 0. The van der Waals surface area contributed by atoms with Gasteiger partial charge in [-0.15, -0.1) is 32.0 Å².